The second-order valence-electron chi connectivity index (χ2n) is 15.5. The predicted octanol–water partition coefficient (Wildman–Crippen LogP) is 14.3. The Morgan fingerprint density at radius 2 is 0.792 bits per heavy atom. The molecule has 2 unspecified atom stereocenters. The van der Waals surface area contributed by atoms with Crippen molar-refractivity contribution in [3.8, 4) is 0 Å². The number of rotatable bonds is 14. The molecule has 0 N–H and O–H groups in total. The monoisotopic (exact) mass is 734 g/mol. The maximum atomic E-state index is 14.8. The van der Waals surface area contributed by atoms with E-state index < -0.39 is 47.1 Å². The van der Waals surface area contributed by atoms with Gasteiger partial charge in [-0.05, 0) is 133 Å². The molecule has 4 aromatic rings. The Kier molecular flexibility index (Phi) is 13.4. The van der Waals surface area contributed by atoms with Crippen molar-refractivity contribution in [2.75, 3.05) is 0 Å². The van der Waals surface area contributed by atoms with Gasteiger partial charge < -0.3 is 4.74 Å². The third-order valence-corrected chi connectivity index (χ3v) is 11.9. The van der Waals surface area contributed by atoms with E-state index in [0.717, 1.165) is 72.9 Å². The molecule has 0 heterocycles. The van der Waals surface area contributed by atoms with E-state index >= 15 is 0 Å². The first-order valence-electron chi connectivity index (χ1n) is 19.8. The first kappa shape index (κ1) is 39.1. The minimum absolute atomic E-state index is 0.00455. The summed E-state index contributed by atoms with van der Waals surface area (Å²) in [6.07, 6.45) is 14.1. The van der Waals surface area contributed by atoms with Crippen LogP contribution in [0, 0.1) is 46.7 Å². The van der Waals surface area contributed by atoms with Crippen LogP contribution in [0.5, 0.6) is 0 Å². The number of ether oxygens (including phenoxy) is 1. The Hall–Kier alpha value is -3.58. The Balaban J connectivity index is 1.32. The van der Waals surface area contributed by atoms with Crippen molar-refractivity contribution in [2.45, 2.75) is 128 Å². The second kappa shape index (κ2) is 18.2. The number of hydrogen-bond donors (Lipinski definition) is 0. The molecule has 0 aromatic heterocycles. The molecular weight excluding hydrogens is 682 g/mol. The van der Waals surface area contributed by atoms with Gasteiger partial charge in [-0.1, -0.05) is 101 Å². The van der Waals surface area contributed by atoms with Crippen molar-refractivity contribution in [2.24, 2.45) is 11.8 Å². The van der Waals surface area contributed by atoms with Crippen molar-refractivity contribution >= 4 is 0 Å². The zero-order chi connectivity index (χ0) is 37.5. The van der Waals surface area contributed by atoms with E-state index in [-0.39, 0.29) is 11.1 Å². The maximum absolute atomic E-state index is 14.8. The van der Waals surface area contributed by atoms with Crippen LogP contribution in [0.15, 0.2) is 72.8 Å². The molecule has 2 aliphatic carbocycles. The molecule has 6 rings (SSSR count). The summed E-state index contributed by atoms with van der Waals surface area (Å²) in [6, 6.07) is 18.9. The lowest BCUT2D eigenvalue weighted by Gasteiger charge is -2.30. The summed E-state index contributed by atoms with van der Waals surface area (Å²) >= 11 is 0. The highest BCUT2D eigenvalue weighted by molar-refractivity contribution is 5.38. The second-order valence-corrected chi connectivity index (χ2v) is 15.5. The normalized spacial score (nSPS) is 21.7. The molecule has 0 amide bonds. The lowest BCUT2D eigenvalue weighted by Crippen LogP contribution is -2.16. The van der Waals surface area contributed by atoms with Crippen molar-refractivity contribution in [3.05, 3.63) is 141 Å². The van der Waals surface area contributed by atoms with Crippen LogP contribution in [0.25, 0.3) is 0 Å². The van der Waals surface area contributed by atoms with Crippen molar-refractivity contribution < 1.29 is 31.1 Å². The van der Waals surface area contributed by atoms with Gasteiger partial charge in [0.1, 0.15) is 12.2 Å². The third kappa shape index (κ3) is 9.57. The molecule has 2 atom stereocenters. The standard InChI is InChI=1S/C46H52F6O/c1-3-5-7-29-9-13-31(14-10-29)33-17-21-35(22-18-33)45(37-25-39(47)43(51)40(48)26-37)53-46(38-27-41(49)44(52)42(50)28-38)36-23-19-34(20-24-36)32-15-11-30(12-16-32)8-6-4-2/h17-32,45-46H,3-16H2,1-2H3. The van der Waals surface area contributed by atoms with Gasteiger partial charge in [-0.3, -0.25) is 0 Å². The van der Waals surface area contributed by atoms with Gasteiger partial charge in [0.25, 0.3) is 0 Å². The molecule has 0 bridgehead atoms. The van der Waals surface area contributed by atoms with Crippen LogP contribution in [-0.4, -0.2) is 0 Å². The summed E-state index contributed by atoms with van der Waals surface area (Å²) in [5, 5.41) is 0. The van der Waals surface area contributed by atoms with E-state index in [1.807, 2.05) is 48.5 Å². The largest absolute Gasteiger partial charge is 0.356 e. The van der Waals surface area contributed by atoms with Gasteiger partial charge >= 0.3 is 0 Å². The molecule has 0 radical (unpaired) electrons. The van der Waals surface area contributed by atoms with Gasteiger partial charge in [0, 0.05) is 0 Å². The Morgan fingerprint density at radius 1 is 0.472 bits per heavy atom. The van der Waals surface area contributed by atoms with Crippen molar-refractivity contribution in [3.63, 3.8) is 0 Å². The van der Waals surface area contributed by atoms with Gasteiger partial charge in [-0.15, -0.1) is 0 Å². The highest BCUT2D eigenvalue weighted by atomic mass is 19.2. The molecule has 2 aliphatic rings. The summed E-state index contributed by atoms with van der Waals surface area (Å²) in [7, 11) is 0. The minimum Gasteiger partial charge on any atom is -0.356 e. The van der Waals surface area contributed by atoms with Crippen LogP contribution in [0.4, 0.5) is 26.3 Å². The fourth-order valence-electron chi connectivity index (χ4n) is 8.73. The van der Waals surface area contributed by atoms with E-state index in [9.17, 15) is 26.3 Å². The highest BCUT2D eigenvalue weighted by Crippen LogP contribution is 2.42. The van der Waals surface area contributed by atoms with Crippen molar-refractivity contribution in [1.29, 1.82) is 0 Å². The van der Waals surface area contributed by atoms with Crippen LogP contribution in [0.2, 0.25) is 0 Å². The van der Waals surface area contributed by atoms with E-state index in [0.29, 0.717) is 23.0 Å². The summed E-state index contributed by atoms with van der Waals surface area (Å²) < 4.78 is 94.1. The molecule has 7 heteroatoms. The zero-order valence-electron chi connectivity index (χ0n) is 31.0. The lowest BCUT2D eigenvalue weighted by molar-refractivity contribution is 0.0300. The number of halogens is 6. The number of hydrogen-bond acceptors (Lipinski definition) is 1. The smallest absolute Gasteiger partial charge is 0.194 e. The summed E-state index contributed by atoms with van der Waals surface area (Å²) in [4.78, 5) is 0. The van der Waals surface area contributed by atoms with E-state index in [2.05, 4.69) is 13.8 Å². The van der Waals surface area contributed by atoms with Crippen LogP contribution in [0.3, 0.4) is 0 Å². The molecular formula is C46H52F6O. The Morgan fingerprint density at radius 3 is 1.09 bits per heavy atom. The Bertz CT molecular complexity index is 1590. The lowest BCUT2D eigenvalue weighted by atomic mass is 9.77. The number of benzene rings is 4. The fraction of sp³-hybridized carbons (Fsp3) is 0.478. The fourth-order valence-corrected chi connectivity index (χ4v) is 8.73. The van der Waals surface area contributed by atoms with Crippen LogP contribution in [0.1, 0.15) is 161 Å². The van der Waals surface area contributed by atoms with Crippen molar-refractivity contribution in [1.82, 2.24) is 0 Å². The molecule has 4 aromatic carbocycles. The molecule has 284 valence electrons. The van der Waals surface area contributed by atoms with Crippen LogP contribution in [-0.2, 0) is 4.74 Å². The molecule has 1 nitrogen and oxygen atoms in total. The van der Waals surface area contributed by atoms with Crippen LogP contribution < -0.4 is 0 Å². The topological polar surface area (TPSA) is 9.23 Å². The first-order valence-corrected chi connectivity index (χ1v) is 19.8. The average Bonchev–Trinajstić information content (AvgIpc) is 3.18. The quantitative estimate of drug-likeness (QED) is 0.0926. The van der Waals surface area contributed by atoms with Gasteiger partial charge in [0.2, 0.25) is 0 Å². The van der Waals surface area contributed by atoms with Crippen LogP contribution >= 0.6 is 0 Å². The molecule has 0 saturated heterocycles. The summed E-state index contributed by atoms with van der Waals surface area (Å²) in [6.45, 7) is 4.43. The molecule has 0 aliphatic heterocycles. The zero-order valence-corrected chi connectivity index (χ0v) is 31.0. The van der Waals surface area contributed by atoms with Gasteiger partial charge in [-0.25, -0.2) is 26.3 Å². The van der Waals surface area contributed by atoms with Gasteiger partial charge in [-0.2, -0.15) is 0 Å². The Labute approximate surface area is 311 Å². The van der Waals surface area contributed by atoms with E-state index in [1.54, 1.807) is 0 Å². The summed E-state index contributed by atoms with van der Waals surface area (Å²) in [5.41, 5.74) is 3.37. The van der Waals surface area contributed by atoms with E-state index in [4.69, 9.17) is 4.74 Å². The average molecular weight is 735 g/mol. The summed E-state index contributed by atoms with van der Waals surface area (Å²) in [5.74, 6) is -6.44. The van der Waals surface area contributed by atoms with Gasteiger partial charge in [0.05, 0.1) is 0 Å². The third-order valence-electron chi connectivity index (χ3n) is 11.9. The van der Waals surface area contributed by atoms with E-state index in [1.165, 1.54) is 64.2 Å². The SMILES string of the molecule is CCCCC1CCC(c2ccc(C(OC(c3ccc(C4CCC(CCCC)CC4)cc3)c3cc(F)c(F)c(F)c3)c3cc(F)c(F)c(F)c3)cc2)CC1. The highest BCUT2D eigenvalue weighted by Gasteiger charge is 2.29. The molecule has 0 spiro atoms. The first-order chi connectivity index (χ1) is 25.6. The number of unbranched alkanes of at least 4 members (excludes halogenated alkanes) is 2. The van der Waals surface area contributed by atoms with Gasteiger partial charge in [0.15, 0.2) is 34.9 Å². The minimum atomic E-state index is -1.61. The molecule has 2 fully saturated rings. The predicted molar refractivity (Wildman–Crippen MR) is 199 cm³/mol. The molecule has 53 heavy (non-hydrogen) atoms. The molecule has 2 saturated carbocycles. The maximum Gasteiger partial charge on any atom is 0.194 e.